The van der Waals surface area contributed by atoms with Crippen molar-refractivity contribution in [1.29, 1.82) is 0 Å². The molecule has 0 spiro atoms. The number of esters is 1. The highest BCUT2D eigenvalue weighted by atomic mass is 16.5. The van der Waals surface area contributed by atoms with Crippen molar-refractivity contribution in [2.45, 2.75) is 20.8 Å². The molecule has 1 heterocycles. The topological polar surface area (TPSA) is 70.1 Å². The number of piperazine rings is 1. The van der Waals surface area contributed by atoms with Crippen LogP contribution in [0.25, 0.3) is 0 Å². The zero-order chi connectivity index (χ0) is 18.4. The first-order valence-electron chi connectivity index (χ1n) is 8.70. The average Bonchev–Trinajstić information content (AvgIpc) is 2.59. The summed E-state index contributed by atoms with van der Waals surface area (Å²) in [7, 11) is 0. The number of hydrogen-bond donors (Lipinski definition) is 1. The molecule has 0 aliphatic carbocycles. The first kappa shape index (κ1) is 19.4. The van der Waals surface area contributed by atoms with Crippen LogP contribution in [0, 0.1) is 5.41 Å². The van der Waals surface area contributed by atoms with E-state index in [1.54, 1.807) is 12.1 Å². The van der Waals surface area contributed by atoms with E-state index in [0.29, 0.717) is 12.1 Å². The lowest BCUT2D eigenvalue weighted by Crippen LogP contribution is -2.47. The number of hydrogen-bond acceptors (Lipinski definition) is 6. The van der Waals surface area contributed by atoms with Gasteiger partial charge in [-0.15, -0.1) is 0 Å². The van der Waals surface area contributed by atoms with Gasteiger partial charge >= 0.3 is 5.97 Å². The van der Waals surface area contributed by atoms with Gasteiger partial charge in [0.1, 0.15) is 0 Å². The van der Waals surface area contributed by atoms with Crippen LogP contribution < -0.4 is 4.90 Å². The second-order valence-corrected chi connectivity index (χ2v) is 7.32. The third-order valence-electron chi connectivity index (χ3n) is 4.42. The van der Waals surface area contributed by atoms with Gasteiger partial charge < -0.3 is 14.7 Å². The van der Waals surface area contributed by atoms with Gasteiger partial charge in [0.2, 0.25) is 0 Å². The van der Waals surface area contributed by atoms with Gasteiger partial charge in [0.05, 0.1) is 17.9 Å². The van der Waals surface area contributed by atoms with Crippen LogP contribution in [-0.2, 0) is 9.53 Å². The molecular formula is C19H28N2O4. The number of ether oxygens (including phenoxy) is 1. The monoisotopic (exact) mass is 348 g/mol. The van der Waals surface area contributed by atoms with E-state index in [0.717, 1.165) is 31.9 Å². The van der Waals surface area contributed by atoms with Gasteiger partial charge in [0.15, 0.2) is 12.4 Å². The van der Waals surface area contributed by atoms with Crippen LogP contribution in [0.5, 0.6) is 0 Å². The fourth-order valence-corrected chi connectivity index (χ4v) is 2.70. The molecular weight excluding hydrogens is 320 g/mol. The van der Waals surface area contributed by atoms with Crippen LogP contribution in [0.1, 0.15) is 31.1 Å². The average molecular weight is 348 g/mol. The molecule has 0 radical (unpaired) electrons. The van der Waals surface area contributed by atoms with E-state index < -0.39 is 11.4 Å². The highest BCUT2D eigenvalue weighted by molar-refractivity contribution is 5.97. The number of rotatable bonds is 6. The summed E-state index contributed by atoms with van der Waals surface area (Å²) in [5.41, 5.74) is 0.794. The van der Waals surface area contributed by atoms with Crippen LogP contribution in [-0.4, -0.2) is 67.7 Å². The van der Waals surface area contributed by atoms with Crippen molar-refractivity contribution in [3.05, 3.63) is 29.8 Å². The summed E-state index contributed by atoms with van der Waals surface area (Å²) in [5, 5.41) is 9.04. The number of Topliss-reactive ketones (excluding diaryl/α,β-unsaturated/α-hetero) is 1. The lowest BCUT2D eigenvalue weighted by atomic mass is 9.91. The smallest absolute Gasteiger partial charge is 0.340 e. The molecule has 25 heavy (non-hydrogen) atoms. The fraction of sp³-hybridized carbons (Fsp3) is 0.579. The van der Waals surface area contributed by atoms with E-state index in [1.165, 1.54) is 0 Å². The van der Waals surface area contributed by atoms with Gasteiger partial charge in [-0.3, -0.25) is 9.69 Å². The SMILES string of the molecule is CC(C)(C)C(=O)COC(=O)c1ccccc1N1CCN(CCO)CC1. The molecule has 1 saturated heterocycles. The van der Waals surface area contributed by atoms with Crippen molar-refractivity contribution in [2.75, 3.05) is 50.8 Å². The van der Waals surface area contributed by atoms with Crippen molar-refractivity contribution in [2.24, 2.45) is 5.41 Å². The minimum Gasteiger partial charge on any atom is -0.454 e. The molecule has 1 fully saturated rings. The Balaban J connectivity index is 2.03. The van der Waals surface area contributed by atoms with E-state index in [1.807, 2.05) is 32.9 Å². The normalized spacial score (nSPS) is 15.9. The molecule has 1 aromatic rings. The van der Waals surface area contributed by atoms with Gasteiger partial charge in [-0.05, 0) is 12.1 Å². The molecule has 0 bridgehead atoms. The quantitative estimate of drug-likeness (QED) is 0.787. The van der Waals surface area contributed by atoms with Crippen molar-refractivity contribution in [1.82, 2.24) is 4.90 Å². The van der Waals surface area contributed by atoms with E-state index in [2.05, 4.69) is 9.80 Å². The third-order valence-corrected chi connectivity index (χ3v) is 4.42. The summed E-state index contributed by atoms with van der Waals surface area (Å²) < 4.78 is 5.25. The Kier molecular flexibility index (Phi) is 6.56. The Hall–Kier alpha value is -1.92. The Bertz CT molecular complexity index is 602. The summed E-state index contributed by atoms with van der Waals surface area (Å²) in [6, 6.07) is 7.34. The maximum Gasteiger partial charge on any atom is 0.340 e. The largest absolute Gasteiger partial charge is 0.454 e. The summed E-state index contributed by atoms with van der Waals surface area (Å²) in [5.74, 6) is -0.568. The molecule has 0 unspecified atom stereocenters. The molecule has 1 N–H and O–H groups in total. The molecule has 0 aromatic heterocycles. The summed E-state index contributed by atoms with van der Waals surface area (Å²) in [4.78, 5) is 28.8. The van der Waals surface area contributed by atoms with Crippen molar-refractivity contribution in [3.8, 4) is 0 Å². The number of ketones is 1. The predicted octanol–water partition coefficient (Wildman–Crippen LogP) is 1.57. The van der Waals surface area contributed by atoms with Crippen molar-refractivity contribution >= 4 is 17.4 Å². The Labute approximate surface area is 149 Å². The number of nitrogens with zero attached hydrogens (tertiary/aromatic N) is 2. The van der Waals surface area contributed by atoms with Crippen molar-refractivity contribution < 1.29 is 19.4 Å². The highest BCUT2D eigenvalue weighted by Crippen LogP contribution is 2.23. The Morgan fingerprint density at radius 3 is 2.36 bits per heavy atom. The Morgan fingerprint density at radius 1 is 1.12 bits per heavy atom. The molecule has 0 amide bonds. The summed E-state index contributed by atoms with van der Waals surface area (Å²) in [6.45, 7) is 9.29. The Morgan fingerprint density at radius 2 is 1.76 bits per heavy atom. The lowest BCUT2D eigenvalue weighted by molar-refractivity contribution is -0.129. The molecule has 6 nitrogen and oxygen atoms in total. The number of para-hydroxylation sites is 1. The molecule has 0 saturated carbocycles. The van der Waals surface area contributed by atoms with Crippen LogP contribution in [0.15, 0.2) is 24.3 Å². The van der Waals surface area contributed by atoms with Crippen molar-refractivity contribution in [3.63, 3.8) is 0 Å². The van der Waals surface area contributed by atoms with Crippen LogP contribution >= 0.6 is 0 Å². The van der Waals surface area contributed by atoms with Gasteiger partial charge in [-0.2, -0.15) is 0 Å². The molecule has 1 aliphatic heterocycles. The maximum atomic E-state index is 12.5. The molecule has 1 aliphatic rings. The van der Waals surface area contributed by atoms with Crippen LogP contribution in [0.2, 0.25) is 0 Å². The number of carbonyl (C=O) groups is 2. The zero-order valence-electron chi connectivity index (χ0n) is 15.3. The standard InChI is InChI=1S/C19H28N2O4/c1-19(2,3)17(23)14-25-18(24)15-6-4-5-7-16(15)21-10-8-20(9-11-21)12-13-22/h4-7,22H,8-14H2,1-3H3. The third kappa shape index (κ3) is 5.28. The number of carbonyl (C=O) groups excluding carboxylic acids is 2. The van der Waals surface area contributed by atoms with Gasteiger partial charge in [0.25, 0.3) is 0 Å². The van der Waals surface area contributed by atoms with E-state index in [-0.39, 0.29) is 19.0 Å². The maximum absolute atomic E-state index is 12.5. The molecule has 1 aromatic carbocycles. The number of anilines is 1. The van der Waals surface area contributed by atoms with Crippen LogP contribution in [0.4, 0.5) is 5.69 Å². The number of aliphatic hydroxyl groups is 1. The number of aliphatic hydroxyl groups excluding tert-OH is 1. The molecule has 6 heteroatoms. The minimum absolute atomic E-state index is 0.101. The molecule has 138 valence electrons. The first-order valence-corrected chi connectivity index (χ1v) is 8.70. The minimum atomic E-state index is -0.525. The van der Waals surface area contributed by atoms with E-state index >= 15 is 0 Å². The molecule has 2 rings (SSSR count). The van der Waals surface area contributed by atoms with E-state index in [4.69, 9.17) is 9.84 Å². The van der Waals surface area contributed by atoms with Gasteiger partial charge in [0, 0.05) is 38.1 Å². The predicted molar refractivity (Wildman–Crippen MR) is 96.9 cm³/mol. The summed E-state index contributed by atoms with van der Waals surface area (Å²) in [6.07, 6.45) is 0. The molecule has 0 atom stereocenters. The zero-order valence-corrected chi connectivity index (χ0v) is 15.3. The van der Waals surface area contributed by atoms with Gasteiger partial charge in [-0.25, -0.2) is 4.79 Å². The summed E-state index contributed by atoms with van der Waals surface area (Å²) >= 11 is 0. The number of β-amino-alcohol motifs (C(OH)–C–C–N with tert-alkyl or cyclic N) is 1. The van der Waals surface area contributed by atoms with E-state index in [9.17, 15) is 9.59 Å². The van der Waals surface area contributed by atoms with Crippen LogP contribution in [0.3, 0.4) is 0 Å². The second-order valence-electron chi connectivity index (χ2n) is 7.32. The van der Waals surface area contributed by atoms with Gasteiger partial charge in [-0.1, -0.05) is 32.9 Å². The second kappa shape index (κ2) is 8.45. The number of benzene rings is 1. The first-order chi connectivity index (χ1) is 11.8. The highest BCUT2D eigenvalue weighted by Gasteiger charge is 2.25. The lowest BCUT2D eigenvalue weighted by Gasteiger charge is -2.36. The fourth-order valence-electron chi connectivity index (χ4n) is 2.70.